The van der Waals surface area contributed by atoms with Crippen LogP contribution in [0.4, 0.5) is 17.5 Å². The molecule has 0 aliphatic carbocycles. The number of rotatable bonds is 10. The fourth-order valence-electron chi connectivity index (χ4n) is 3.36. The number of ether oxygens (including phenoxy) is 1. The van der Waals surface area contributed by atoms with Crippen molar-refractivity contribution in [3.8, 4) is 11.3 Å². The van der Waals surface area contributed by atoms with E-state index in [1.165, 1.54) is 11.1 Å². The molecule has 33 heavy (non-hydrogen) atoms. The summed E-state index contributed by atoms with van der Waals surface area (Å²) in [5.41, 5.74) is 4.20. The standard InChI is InChI=1S/C25H29N7O/c1-4-13-33-17-32-12-9-22(31-32)21-14-23(28-19(3)20-7-5-18(2)6-8-20)29-24(15-21)30-25-16-26-10-11-27-25/h5-12,14-16,19H,4,13,17H2,1-3H3,(H2,27,28,29,30)/t19-/m0/s1. The van der Waals surface area contributed by atoms with Crippen molar-refractivity contribution >= 4 is 17.5 Å². The molecule has 4 rings (SSSR count). The Labute approximate surface area is 194 Å². The molecule has 0 spiro atoms. The van der Waals surface area contributed by atoms with Crippen molar-refractivity contribution in [3.63, 3.8) is 0 Å². The van der Waals surface area contributed by atoms with Crippen molar-refractivity contribution in [2.75, 3.05) is 17.2 Å². The average Bonchev–Trinajstić information content (AvgIpc) is 3.29. The number of pyridine rings is 1. The van der Waals surface area contributed by atoms with Crippen LogP contribution in [0.3, 0.4) is 0 Å². The van der Waals surface area contributed by atoms with Gasteiger partial charge in [-0.05, 0) is 44.0 Å². The first kappa shape index (κ1) is 22.4. The second-order valence-electron chi connectivity index (χ2n) is 7.90. The van der Waals surface area contributed by atoms with Crippen LogP contribution in [0.5, 0.6) is 0 Å². The van der Waals surface area contributed by atoms with E-state index in [9.17, 15) is 0 Å². The third-order valence-electron chi connectivity index (χ3n) is 5.09. The van der Waals surface area contributed by atoms with Crippen LogP contribution in [-0.4, -0.2) is 31.3 Å². The van der Waals surface area contributed by atoms with Gasteiger partial charge in [0, 0.05) is 36.8 Å². The number of benzene rings is 1. The third-order valence-corrected chi connectivity index (χ3v) is 5.09. The van der Waals surface area contributed by atoms with E-state index in [1.807, 2.05) is 24.4 Å². The summed E-state index contributed by atoms with van der Waals surface area (Å²) in [7, 11) is 0. The van der Waals surface area contributed by atoms with Crippen LogP contribution in [0.1, 0.15) is 37.4 Å². The van der Waals surface area contributed by atoms with E-state index >= 15 is 0 Å². The van der Waals surface area contributed by atoms with Gasteiger partial charge in [-0.1, -0.05) is 36.8 Å². The first-order valence-electron chi connectivity index (χ1n) is 11.1. The maximum absolute atomic E-state index is 5.60. The van der Waals surface area contributed by atoms with Gasteiger partial charge < -0.3 is 15.4 Å². The zero-order valence-corrected chi connectivity index (χ0v) is 19.2. The highest BCUT2D eigenvalue weighted by Gasteiger charge is 2.12. The Morgan fingerprint density at radius 1 is 1.03 bits per heavy atom. The van der Waals surface area contributed by atoms with Crippen molar-refractivity contribution in [2.45, 2.75) is 40.0 Å². The molecule has 0 amide bonds. The Hall–Kier alpha value is -3.78. The molecule has 1 atom stereocenters. The number of hydrogen-bond donors (Lipinski definition) is 2. The predicted molar refractivity (Wildman–Crippen MR) is 130 cm³/mol. The van der Waals surface area contributed by atoms with Crippen LogP contribution in [0.2, 0.25) is 0 Å². The Kier molecular flexibility index (Phi) is 7.26. The molecule has 0 aliphatic heterocycles. The summed E-state index contributed by atoms with van der Waals surface area (Å²) >= 11 is 0. The lowest BCUT2D eigenvalue weighted by Crippen LogP contribution is -2.09. The van der Waals surface area contributed by atoms with Crippen LogP contribution in [0.25, 0.3) is 11.3 Å². The molecule has 0 saturated heterocycles. The predicted octanol–water partition coefficient (Wildman–Crippen LogP) is 5.34. The average molecular weight is 444 g/mol. The number of aryl methyl sites for hydroxylation is 1. The topological polar surface area (TPSA) is 89.8 Å². The SMILES string of the molecule is CCCOCn1ccc(-c2cc(Nc3cnccn3)nc(N[C@@H](C)c3ccc(C)cc3)c2)n1. The van der Waals surface area contributed by atoms with Crippen molar-refractivity contribution in [1.82, 2.24) is 24.7 Å². The second kappa shape index (κ2) is 10.7. The van der Waals surface area contributed by atoms with E-state index in [-0.39, 0.29) is 6.04 Å². The van der Waals surface area contributed by atoms with E-state index in [1.54, 1.807) is 23.3 Å². The van der Waals surface area contributed by atoms with E-state index in [4.69, 9.17) is 9.72 Å². The van der Waals surface area contributed by atoms with Crippen molar-refractivity contribution in [1.29, 1.82) is 0 Å². The molecule has 2 N–H and O–H groups in total. The first-order valence-corrected chi connectivity index (χ1v) is 11.1. The molecule has 0 saturated carbocycles. The summed E-state index contributed by atoms with van der Waals surface area (Å²) in [6.07, 6.45) is 7.84. The summed E-state index contributed by atoms with van der Waals surface area (Å²) in [4.78, 5) is 13.2. The van der Waals surface area contributed by atoms with E-state index in [2.05, 4.69) is 70.7 Å². The Morgan fingerprint density at radius 2 is 1.85 bits per heavy atom. The van der Waals surface area contributed by atoms with Gasteiger partial charge >= 0.3 is 0 Å². The molecule has 1 aromatic carbocycles. The highest BCUT2D eigenvalue weighted by atomic mass is 16.5. The third kappa shape index (κ3) is 6.14. The van der Waals surface area contributed by atoms with Crippen LogP contribution in [-0.2, 0) is 11.5 Å². The lowest BCUT2D eigenvalue weighted by molar-refractivity contribution is 0.0695. The molecule has 0 aliphatic rings. The molecule has 8 nitrogen and oxygen atoms in total. The Balaban J connectivity index is 1.61. The summed E-state index contributed by atoms with van der Waals surface area (Å²) in [5.74, 6) is 2.02. The molecule has 0 fully saturated rings. The number of anilines is 3. The number of nitrogens with zero attached hydrogens (tertiary/aromatic N) is 5. The van der Waals surface area contributed by atoms with Crippen molar-refractivity contribution in [2.24, 2.45) is 0 Å². The van der Waals surface area contributed by atoms with Crippen LogP contribution in [0.15, 0.2) is 67.3 Å². The van der Waals surface area contributed by atoms with Gasteiger partial charge in [0.2, 0.25) is 0 Å². The molecule has 170 valence electrons. The Bertz CT molecular complexity index is 1160. The smallest absolute Gasteiger partial charge is 0.150 e. The molecule has 0 unspecified atom stereocenters. The van der Waals surface area contributed by atoms with Crippen molar-refractivity contribution < 1.29 is 4.74 Å². The first-order chi connectivity index (χ1) is 16.1. The van der Waals surface area contributed by atoms with Crippen LogP contribution in [0, 0.1) is 6.92 Å². The van der Waals surface area contributed by atoms with Gasteiger partial charge in [0.25, 0.3) is 0 Å². The van der Waals surface area contributed by atoms with Gasteiger partial charge in [-0.15, -0.1) is 0 Å². The fraction of sp³-hybridized carbons (Fsp3) is 0.280. The molecule has 3 heterocycles. The monoisotopic (exact) mass is 443 g/mol. The van der Waals surface area contributed by atoms with Crippen LogP contribution >= 0.6 is 0 Å². The van der Waals surface area contributed by atoms with Gasteiger partial charge in [-0.25, -0.2) is 14.6 Å². The van der Waals surface area contributed by atoms with Gasteiger partial charge in [0.05, 0.1) is 11.9 Å². The van der Waals surface area contributed by atoms with E-state index < -0.39 is 0 Å². The molecule has 0 radical (unpaired) electrons. The van der Waals surface area contributed by atoms with Crippen LogP contribution < -0.4 is 10.6 Å². The summed E-state index contributed by atoms with van der Waals surface area (Å²) < 4.78 is 7.40. The Morgan fingerprint density at radius 3 is 2.61 bits per heavy atom. The van der Waals surface area contributed by atoms with Gasteiger partial charge in [0.15, 0.2) is 0 Å². The highest BCUT2D eigenvalue weighted by Crippen LogP contribution is 2.27. The summed E-state index contributed by atoms with van der Waals surface area (Å²) in [6.45, 7) is 7.43. The zero-order chi connectivity index (χ0) is 23.0. The minimum atomic E-state index is 0.0812. The van der Waals surface area contributed by atoms with Gasteiger partial charge in [-0.3, -0.25) is 4.98 Å². The highest BCUT2D eigenvalue weighted by molar-refractivity contribution is 5.69. The molecule has 0 bridgehead atoms. The lowest BCUT2D eigenvalue weighted by atomic mass is 10.1. The number of nitrogens with one attached hydrogen (secondary N) is 2. The van der Waals surface area contributed by atoms with Crippen molar-refractivity contribution in [3.05, 3.63) is 78.4 Å². The molecular formula is C25H29N7O. The quantitative estimate of drug-likeness (QED) is 0.320. The molecule has 3 aromatic heterocycles. The van der Waals surface area contributed by atoms with E-state index in [0.29, 0.717) is 25.0 Å². The van der Waals surface area contributed by atoms with Gasteiger partial charge in [-0.2, -0.15) is 5.10 Å². The largest absolute Gasteiger partial charge is 0.363 e. The molecular weight excluding hydrogens is 414 g/mol. The van der Waals surface area contributed by atoms with Gasteiger partial charge in [0.1, 0.15) is 24.2 Å². The minimum absolute atomic E-state index is 0.0812. The lowest BCUT2D eigenvalue weighted by Gasteiger charge is -2.17. The maximum atomic E-state index is 5.60. The number of hydrogen-bond acceptors (Lipinski definition) is 7. The minimum Gasteiger partial charge on any atom is -0.363 e. The molecule has 4 aromatic rings. The van der Waals surface area contributed by atoms with E-state index in [0.717, 1.165) is 23.5 Å². The maximum Gasteiger partial charge on any atom is 0.150 e. The molecule has 8 heteroatoms. The fourth-order valence-corrected chi connectivity index (χ4v) is 3.36. The number of aromatic nitrogens is 5. The summed E-state index contributed by atoms with van der Waals surface area (Å²) in [6, 6.07) is 14.5. The summed E-state index contributed by atoms with van der Waals surface area (Å²) in [5, 5.41) is 11.4. The zero-order valence-electron chi connectivity index (χ0n) is 19.2. The second-order valence-corrected chi connectivity index (χ2v) is 7.90. The normalized spacial score (nSPS) is 11.8.